The second-order valence-corrected chi connectivity index (χ2v) is 6.00. The monoisotopic (exact) mass is 345 g/mol. The quantitative estimate of drug-likeness (QED) is 0.743. The minimum atomic E-state index is -0.584. The summed E-state index contributed by atoms with van der Waals surface area (Å²) < 4.78 is 5.83. The molecule has 2 aromatic carbocycles. The van der Waals surface area contributed by atoms with Crippen molar-refractivity contribution in [3.05, 3.63) is 58.6 Å². The lowest BCUT2D eigenvalue weighted by molar-refractivity contribution is -0.122. The first-order valence-corrected chi connectivity index (χ1v) is 8.81. The maximum absolute atomic E-state index is 12.7. The van der Waals surface area contributed by atoms with Gasteiger partial charge in [0, 0.05) is 5.69 Å². The van der Waals surface area contributed by atoms with Gasteiger partial charge in [-0.25, -0.2) is 0 Å². The molecule has 0 bridgehead atoms. The average molecular weight is 346 g/mol. The summed E-state index contributed by atoms with van der Waals surface area (Å²) in [5.41, 5.74) is 3.18. The first-order valence-electron chi connectivity index (χ1n) is 8.43. The van der Waals surface area contributed by atoms with E-state index in [1.807, 2.05) is 37.3 Å². The molecule has 0 saturated carbocycles. The molecule has 0 fully saturated rings. The number of para-hydroxylation sites is 2. The van der Waals surface area contributed by atoms with Crippen LogP contribution in [0.5, 0.6) is 5.75 Å². The molecule has 3 nitrogen and oxygen atoms in total. The number of amides is 1. The largest absolute Gasteiger partial charge is 0.479 e. The molecule has 2 rings (SSSR count). The highest BCUT2D eigenvalue weighted by atomic mass is 35.5. The Morgan fingerprint density at radius 2 is 1.67 bits per heavy atom. The van der Waals surface area contributed by atoms with Crippen molar-refractivity contribution < 1.29 is 9.53 Å². The first-order chi connectivity index (χ1) is 11.6. The van der Waals surface area contributed by atoms with Gasteiger partial charge in [0.15, 0.2) is 6.10 Å². The minimum absolute atomic E-state index is 0.145. The van der Waals surface area contributed by atoms with E-state index in [4.69, 9.17) is 16.3 Å². The number of hydrogen-bond acceptors (Lipinski definition) is 2. The van der Waals surface area contributed by atoms with E-state index in [1.165, 1.54) is 0 Å². The number of ether oxygens (including phenoxy) is 1. The lowest BCUT2D eigenvalue weighted by Gasteiger charge is -2.20. The number of benzene rings is 2. The third-order valence-electron chi connectivity index (χ3n) is 4.02. The Hall–Kier alpha value is -2.00. The van der Waals surface area contributed by atoms with Crippen LogP contribution in [0.15, 0.2) is 42.5 Å². The molecule has 0 aliphatic rings. The summed E-state index contributed by atoms with van der Waals surface area (Å²) in [6.45, 7) is 6.09. The predicted octanol–water partition coefficient (Wildman–Crippen LogP) is 5.26. The average Bonchev–Trinajstić information content (AvgIpc) is 2.61. The molecule has 1 N–H and O–H groups in total. The van der Waals surface area contributed by atoms with Crippen molar-refractivity contribution in [2.45, 2.75) is 46.1 Å². The summed E-state index contributed by atoms with van der Waals surface area (Å²) in [4.78, 5) is 12.7. The zero-order chi connectivity index (χ0) is 17.5. The summed E-state index contributed by atoms with van der Waals surface area (Å²) in [5, 5.41) is 3.57. The molecule has 0 aliphatic carbocycles. The van der Waals surface area contributed by atoms with E-state index in [9.17, 15) is 4.79 Å². The molecule has 0 heterocycles. The van der Waals surface area contributed by atoms with Crippen LogP contribution in [0.3, 0.4) is 0 Å². The maximum atomic E-state index is 12.7. The summed E-state index contributed by atoms with van der Waals surface area (Å²) in [6.07, 6.45) is 1.71. The molecule has 0 spiro atoms. The lowest BCUT2D eigenvalue weighted by Crippen LogP contribution is -2.33. The van der Waals surface area contributed by atoms with Crippen LogP contribution < -0.4 is 10.1 Å². The fourth-order valence-electron chi connectivity index (χ4n) is 2.62. The summed E-state index contributed by atoms with van der Waals surface area (Å²) in [5.74, 6) is 0.383. The van der Waals surface area contributed by atoms with Gasteiger partial charge in [0.2, 0.25) is 0 Å². The van der Waals surface area contributed by atoms with E-state index in [2.05, 4.69) is 19.2 Å². The third kappa shape index (κ3) is 4.30. The molecule has 0 aliphatic heterocycles. The molecule has 4 heteroatoms. The number of hydrogen-bond donors (Lipinski definition) is 1. The van der Waals surface area contributed by atoms with Crippen LogP contribution in [0.4, 0.5) is 5.69 Å². The highest BCUT2D eigenvalue weighted by molar-refractivity contribution is 6.32. The predicted molar refractivity (Wildman–Crippen MR) is 100.0 cm³/mol. The topological polar surface area (TPSA) is 38.3 Å². The Kier molecular flexibility index (Phi) is 6.68. The van der Waals surface area contributed by atoms with E-state index in [1.54, 1.807) is 12.1 Å². The summed E-state index contributed by atoms with van der Waals surface area (Å²) >= 11 is 6.13. The van der Waals surface area contributed by atoms with Gasteiger partial charge in [-0.05, 0) is 42.5 Å². The molecule has 2 aromatic rings. The Balaban J connectivity index is 2.20. The summed E-state index contributed by atoms with van der Waals surface area (Å²) in [7, 11) is 0. The molecule has 0 aromatic heterocycles. The molecule has 24 heavy (non-hydrogen) atoms. The molecule has 0 saturated heterocycles. The van der Waals surface area contributed by atoms with Crippen molar-refractivity contribution in [1.82, 2.24) is 0 Å². The van der Waals surface area contributed by atoms with Gasteiger partial charge in [-0.15, -0.1) is 0 Å². The van der Waals surface area contributed by atoms with Crippen LogP contribution in [0.1, 0.15) is 38.3 Å². The number of carbonyl (C=O) groups excluding carboxylic acids is 1. The second kappa shape index (κ2) is 8.74. The van der Waals surface area contributed by atoms with Crippen molar-refractivity contribution in [3.63, 3.8) is 0 Å². The zero-order valence-corrected chi connectivity index (χ0v) is 15.2. The van der Waals surface area contributed by atoms with E-state index >= 15 is 0 Å². The van der Waals surface area contributed by atoms with E-state index in [0.29, 0.717) is 17.2 Å². The molecule has 0 unspecified atom stereocenters. The van der Waals surface area contributed by atoms with E-state index in [-0.39, 0.29) is 5.91 Å². The number of halogens is 1. The van der Waals surface area contributed by atoms with Gasteiger partial charge in [0.05, 0.1) is 5.02 Å². The second-order valence-electron chi connectivity index (χ2n) is 5.59. The van der Waals surface area contributed by atoms with Crippen LogP contribution >= 0.6 is 11.6 Å². The van der Waals surface area contributed by atoms with Crippen molar-refractivity contribution in [3.8, 4) is 5.75 Å². The van der Waals surface area contributed by atoms with Gasteiger partial charge in [-0.1, -0.05) is 62.7 Å². The SMILES string of the molecule is CCc1cccc(CC)c1NC(=O)[C@H](CC)Oc1ccccc1Cl. The number of carbonyl (C=O) groups is 1. The third-order valence-corrected chi connectivity index (χ3v) is 4.33. The van der Waals surface area contributed by atoms with Crippen molar-refractivity contribution in [2.24, 2.45) is 0 Å². The number of aryl methyl sites for hydroxylation is 2. The molecular formula is C20H24ClNO2. The van der Waals surface area contributed by atoms with Gasteiger partial charge in [0.25, 0.3) is 5.91 Å². The van der Waals surface area contributed by atoms with Crippen LogP contribution in [-0.4, -0.2) is 12.0 Å². The molecule has 1 atom stereocenters. The number of rotatable bonds is 7. The Morgan fingerprint density at radius 1 is 1.04 bits per heavy atom. The number of anilines is 1. The molecule has 128 valence electrons. The zero-order valence-electron chi connectivity index (χ0n) is 14.4. The fourth-order valence-corrected chi connectivity index (χ4v) is 2.80. The number of nitrogens with one attached hydrogen (secondary N) is 1. The van der Waals surface area contributed by atoms with Crippen LogP contribution in [0.2, 0.25) is 5.02 Å². The highest BCUT2D eigenvalue weighted by Crippen LogP contribution is 2.26. The van der Waals surface area contributed by atoms with Crippen LogP contribution in [0, 0.1) is 0 Å². The summed E-state index contributed by atoms with van der Waals surface area (Å²) in [6, 6.07) is 13.3. The fraction of sp³-hybridized carbons (Fsp3) is 0.350. The molecule has 1 amide bonds. The van der Waals surface area contributed by atoms with Crippen molar-refractivity contribution >= 4 is 23.2 Å². The highest BCUT2D eigenvalue weighted by Gasteiger charge is 2.21. The van der Waals surface area contributed by atoms with Gasteiger partial charge >= 0.3 is 0 Å². The van der Waals surface area contributed by atoms with E-state index in [0.717, 1.165) is 29.7 Å². The first kappa shape index (κ1) is 18.3. The van der Waals surface area contributed by atoms with Gasteiger partial charge in [0.1, 0.15) is 5.75 Å². The van der Waals surface area contributed by atoms with Gasteiger partial charge < -0.3 is 10.1 Å². The Morgan fingerprint density at radius 3 is 2.21 bits per heavy atom. The molecular weight excluding hydrogens is 322 g/mol. The van der Waals surface area contributed by atoms with Gasteiger partial charge in [-0.2, -0.15) is 0 Å². The maximum Gasteiger partial charge on any atom is 0.265 e. The Bertz CT molecular complexity index is 678. The van der Waals surface area contributed by atoms with Crippen LogP contribution in [-0.2, 0) is 17.6 Å². The van der Waals surface area contributed by atoms with Gasteiger partial charge in [-0.3, -0.25) is 4.79 Å². The Labute approximate surface area is 149 Å². The van der Waals surface area contributed by atoms with Crippen LogP contribution in [0.25, 0.3) is 0 Å². The van der Waals surface area contributed by atoms with E-state index < -0.39 is 6.10 Å². The molecule has 0 radical (unpaired) electrons. The lowest BCUT2D eigenvalue weighted by atomic mass is 10.0. The van der Waals surface area contributed by atoms with Crippen molar-refractivity contribution in [1.29, 1.82) is 0 Å². The smallest absolute Gasteiger partial charge is 0.265 e. The standard InChI is InChI=1S/C20H24ClNO2/c1-4-14-10-9-11-15(5-2)19(14)22-20(23)17(6-3)24-18-13-8-7-12-16(18)21/h7-13,17H,4-6H2,1-3H3,(H,22,23)/t17-/m0/s1. The van der Waals surface area contributed by atoms with Crippen molar-refractivity contribution in [2.75, 3.05) is 5.32 Å². The normalized spacial score (nSPS) is 11.8. The minimum Gasteiger partial charge on any atom is -0.479 e.